The van der Waals surface area contributed by atoms with E-state index in [0.717, 1.165) is 32.9 Å². The lowest BCUT2D eigenvalue weighted by Crippen LogP contribution is -2.24. The summed E-state index contributed by atoms with van der Waals surface area (Å²) in [7, 11) is 1.86. The first-order chi connectivity index (χ1) is 9.90. The number of hydrogen-bond acceptors (Lipinski definition) is 3. The monoisotopic (exact) mass is 399 g/mol. The molecule has 0 spiro atoms. The van der Waals surface area contributed by atoms with E-state index in [1.807, 2.05) is 7.05 Å². The first-order valence-electron chi connectivity index (χ1n) is 6.90. The number of nitrogens with one attached hydrogen (secondary N) is 1. The highest BCUT2D eigenvalue weighted by Crippen LogP contribution is 2.31. The van der Waals surface area contributed by atoms with E-state index in [0.29, 0.717) is 0 Å². The van der Waals surface area contributed by atoms with Gasteiger partial charge in [0.05, 0.1) is 9.26 Å². The zero-order valence-electron chi connectivity index (χ0n) is 12.7. The van der Waals surface area contributed by atoms with Crippen LogP contribution in [0.2, 0.25) is 0 Å². The van der Waals surface area contributed by atoms with Gasteiger partial charge in [-0.15, -0.1) is 0 Å². The van der Waals surface area contributed by atoms with Crippen molar-refractivity contribution < 1.29 is 4.39 Å². The highest BCUT2D eigenvalue weighted by molar-refractivity contribution is 14.1. The van der Waals surface area contributed by atoms with Crippen molar-refractivity contribution in [1.29, 1.82) is 0 Å². The van der Waals surface area contributed by atoms with E-state index in [-0.39, 0.29) is 11.2 Å². The topological polar surface area (TPSA) is 37.8 Å². The predicted molar refractivity (Wildman–Crippen MR) is 92.2 cm³/mol. The fourth-order valence-corrected chi connectivity index (χ4v) is 3.06. The SMILES string of the molecule is CCc1nc(C(C)(C)c2ccc(F)cc2)nc(NC)c1I. The van der Waals surface area contributed by atoms with Crippen LogP contribution >= 0.6 is 22.6 Å². The Hall–Kier alpha value is -1.24. The molecule has 2 rings (SSSR count). The van der Waals surface area contributed by atoms with Gasteiger partial charge in [-0.2, -0.15) is 0 Å². The number of aryl methyl sites for hydroxylation is 1. The summed E-state index contributed by atoms with van der Waals surface area (Å²) < 4.78 is 14.2. The summed E-state index contributed by atoms with van der Waals surface area (Å²) in [6.07, 6.45) is 0.849. The summed E-state index contributed by atoms with van der Waals surface area (Å²) in [4.78, 5) is 9.36. The first-order valence-corrected chi connectivity index (χ1v) is 7.98. The second-order valence-electron chi connectivity index (χ2n) is 5.39. The minimum Gasteiger partial charge on any atom is -0.372 e. The summed E-state index contributed by atoms with van der Waals surface area (Å²) in [6.45, 7) is 6.20. The van der Waals surface area contributed by atoms with Gasteiger partial charge in [-0.25, -0.2) is 14.4 Å². The lowest BCUT2D eigenvalue weighted by molar-refractivity contribution is 0.579. The fraction of sp³-hybridized carbons (Fsp3) is 0.375. The molecule has 0 saturated carbocycles. The van der Waals surface area contributed by atoms with E-state index in [9.17, 15) is 4.39 Å². The Balaban J connectivity index is 2.56. The molecule has 0 bridgehead atoms. The van der Waals surface area contributed by atoms with Crippen LogP contribution in [0.4, 0.5) is 10.2 Å². The van der Waals surface area contributed by atoms with Crippen molar-refractivity contribution in [2.75, 3.05) is 12.4 Å². The highest BCUT2D eigenvalue weighted by Gasteiger charge is 2.28. The van der Waals surface area contributed by atoms with Crippen LogP contribution in [0.3, 0.4) is 0 Å². The smallest absolute Gasteiger partial charge is 0.143 e. The van der Waals surface area contributed by atoms with Crippen LogP contribution in [-0.2, 0) is 11.8 Å². The molecule has 0 aliphatic heterocycles. The molecular weight excluding hydrogens is 380 g/mol. The second kappa shape index (κ2) is 6.25. The normalized spacial score (nSPS) is 11.5. The van der Waals surface area contributed by atoms with Gasteiger partial charge in [-0.05, 0) is 60.6 Å². The molecule has 1 aromatic carbocycles. The Morgan fingerprint density at radius 2 is 1.81 bits per heavy atom. The van der Waals surface area contributed by atoms with Gasteiger partial charge >= 0.3 is 0 Å². The summed E-state index contributed by atoms with van der Waals surface area (Å²) in [5.41, 5.74) is 1.64. The second-order valence-corrected chi connectivity index (χ2v) is 6.47. The Labute approximate surface area is 138 Å². The number of halogens is 2. The predicted octanol–water partition coefficient (Wildman–Crippen LogP) is 4.15. The molecule has 3 nitrogen and oxygen atoms in total. The Morgan fingerprint density at radius 3 is 2.33 bits per heavy atom. The minimum absolute atomic E-state index is 0.233. The van der Waals surface area contributed by atoms with Crippen molar-refractivity contribution in [2.24, 2.45) is 0 Å². The molecule has 0 aliphatic rings. The Kier molecular flexibility index (Phi) is 4.81. The van der Waals surface area contributed by atoms with Crippen LogP contribution in [0.25, 0.3) is 0 Å². The maximum Gasteiger partial charge on any atom is 0.143 e. The van der Waals surface area contributed by atoms with E-state index in [4.69, 9.17) is 4.98 Å². The van der Waals surface area contributed by atoms with Gasteiger partial charge in [0, 0.05) is 12.5 Å². The molecular formula is C16H19FIN3. The van der Waals surface area contributed by atoms with E-state index in [2.05, 4.69) is 53.7 Å². The van der Waals surface area contributed by atoms with Gasteiger partial charge in [0.1, 0.15) is 17.5 Å². The third kappa shape index (κ3) is 3.17. The molecule has 0 unspecified atom stereocenters. The maximum atomic E-state index is 13.1. The largest absolute Gasteiger partial charge is 0.372 e. The minimum atomic E-state index is -0.381. The number of hydrogen-bond donors (Lipinski definition) is 1. The molecule has 2 aromatic rings. The molecule has 0 atom stereocenters. The maximum absolute atomic E-state index is 13.1. The number of anilines is 1. The summed E-state index contributed by atoms with van der Waals surface area (Å²) in [5, 5.41) is 3.12. The molecule has 21 heavy (non-hydrogen) atoms. The molecule has 1 aromatic heterocycles. The molecule has 1 heterocycles. The third-order valence-corrected chi connectivity index (χ3v) is 4.75. The lowest BCUT2D eigenvalue weighted by atomic mass is 9.83. The molecule has 5 heteroatoms. The van der Waals surface area contributed by atoms with Crippen LogP contribution in [-0.4, -0.2) is 17.0 Å². The fourth-order valence-electron chi connectivity index (χ4n) is 2.17. The van der Waals surface area contributed by atoms with E-state index < -0.39 is 0 Å². The van der Waals surface area contributed by atoms with Gasteiger partial charge < -0.3 is 5.32 Å². The average molecular weight is 399 g/mol. The third-order valence-electron chi connectivity index (χ3n) is 3.62. The van der Waals surface area contributed by atoms with Crippen LogP contribution in [0.15, 0.2) is 24.3 Å². The molecule has 0 fully saturated rings. The lowest BCUT2D eigenvalue weighted by Gasteiger charge is -2.25. The van der Waals surface area contributed by atoms with E-state index in [1.54, 1.807) is 12.1 Å². The van der Waals surface area contributed by atoms with Gasteiger partial charge in [0.15, 0.2) is 0 Å². The number of rotatable bonds is 4. The molecule has 0 amide bonds. The van der Waals surface area contributed by atoms with Crippen molar-refractivity contribution in [3.8, 4) is 0 Å². The highest BCUT2D eigenvalue weighted by atomic mass is 127. The standard InChI is InChI=1S/C16H19FIN3/c1-5-12-13(18)14(19-4)21-15(20-12)16(2,3)10-6-8-11(17)9-7-10/h6-9H,5H2,1-4H3,(H,19,20,21). The van der Waals surface area contributed by atoms with Crippen molar-refractivity contribution in [3.05, 3.63) is 50.7 Å². The van der Waals surface area contributed by atoms with Crippen LogP contribution < -0.4 is 5.32 Å². The Bertz CT molecular complexity index is 613. The quantitative estimate of drug-likeness (QED) is 0.786. The summed E-state index contributed by atoms with van der Waals surface area (Å²) in [5.74, 6) is 1.35. The van der Waals surface area contributed by atoms with Gasteiger partial charge in [-0.3, -0.25) is 0 Å². The zero-order valence-corrected chi connectivity index (χ0v) is 14.8. The molecule has 0 radical (unpaired) electrons. The number of nitrogens with zero attached hydrogens (tertiary/aromatic N) is 2. The molecule has 0 saturated heterocycles. The summed E-state index contributed by atoms with van der Waals surface area (Å²) in [6, 6.07) is 6.54. The Morgan fingerprint density at radius 1 is 1.19 bits per heavy atom. The van der Waals surface area contributed by atoms with Crippen molar-refractivity contribution in [1.82, 2.24) is 9.97 Å². The summed E-state index contributed by atoms with van der Waals surface area (Å²) >= 11 is 2.27. The van der Waals surface area contributed by atoms with Crippen molar-refractivity contribution in [2.45, 2.75) is 32.6 Å². The van der Waals surface area contributed by atoms with Gasteiger partial charge in [0.2, 0.25) is 0 Å². The van der Waals surface area contributed by atoms with E-state index >= 15 is 0 Å². The first kappa shape index (κ1) is 16.1. The number of aromatic nitrogens is 2. The van der Waals surface area contributed by atoms with Crippen LogP contribution in [0.5, 0.6) is 0 Å². The molecule has 1 N–H and O–H groups in total. The number of benzene rings is 1. The zero-order chi connectivity index (χ0) is 15.6. The van der Waals surface area contributed by atoms with Gasteiger partial charge in [-0.1, -0.05) is 19.1 Å². The average Bonchev–Trinajstić information content (AvgIpc) is 2.47. The van der Waals surface area contributed by atoms with Crippen LogP contribution in [0, 0.1) is 9.39 Å². The van der Waals surface area contributed by atoms with Crippen LogP contribution in [0.1, 0.15) is 37.9 Å². The van der Waals surface area contributed by atoms with E-state index in [1.165, 1.54) is 12.1 Å². The van der Waals surface area contributed by atoms with Crippen molar-refractivity contribution in [3.63, 3.8) is 0 Å². The molecule has 112 valence electrons. The molecule has 0 aliphatic carbocycles. The van der Waals surface area contributed by atoms with Crippen molar-refractivity contribution >= 4 is 28.4 Å². The van der Waals surface area contributed by atoms with Gasteiger partial charge in [0.25, 0.3) is 0 Å².